The third-order valence-electron chi connectivity index (χ3n) is 4.85. The number of rotatable bonds is 5. The number of aromatic nitrogens is 2. The summed E-state index contributed by atoms with van der Waals surface area (Å²) >= 11 is 0. The van der Waals surface area contributed by atoms with Crippen molar-refractivity contribution in [2.24, 2.45) is 5.73 Å². The first-order chi connectivity index (χ1) is 14.3. The molecule has 0 fully saturated rings. The number of imidazole rings is 1. The minimum absolute atomic E-state index is 0.296. The van der Waals surface area contributed by atoms with Gasteiger partial charge in [0.15, 0.2) is 9.84 Å². The highest BCUT2D eigenvalue weighted by molar-refractivity contribution is 7.90. The molecule has 0 unspecified atom stereocenters. The standard InChI is InChI=1S/C22H20N4O3S/c1-30(28,29)19-8-6-16(7-9-19)18-10-11-26-20(14-24-21(26)12-18)17-4-2-15(3-5-17)13-25-22(23)27/h2-12,14H,13H2,1H3,(H3,23,25,27). The lowest BCUT2D eigenvalue weighted by atomic mass is 10.1. The van der Waals surface area contributed by atoms with E-state index in [2.05, 4.69) is 10.3 Å². The summed E-state index contributed by atoms with van der Waals surface area (Å²) in [4.78, 5) is 15.6. The SMILES string of the molecule is CS(=O)(=O)c1ccc(-c2ccn3c(-c4ccc(CNC(N)=O)cc4)cnc3c2)cc1. The van der Waals surface area contributed by atoms with E-state index in [1.165, 1.54) is 6.26 Å². The number of pyridine rings is 1. The number of amides is 2. The van der Waals surface area contributed by atoms with Gasteiger partial charge in [0.2, 0.25) is 0 Å². The van der Waals surface area contributed by atoms with Gasteiger partial charge in [-0.25, -0.2) is 18.2 Å². The number of urea groups is 1. The second-order valence-electron chi connectivity index (χ2n) is 7.00. The van der Waals surface area contributed by atoms with Crippen LogP contribution in [-0.4, -0.2) is 30.1 Å². The van der Waals surface area contributed by atoms with E-state index in [0.717, 1.165) is 33.6 Å². The van der Waals surface area contributed by atoms with Crippen LogP contribution in [0.5, 0.6) is 0 Å². The van der Waals surface area contributed by atoms with Crippen molar-refractivity contribution < 1.29 is 13.2 Å². The zero-order valence-corrected chi connectivity index (χ0v) is 17.1. The fraction of sp³-hybridized carbons (Fsp3) is 0.0909. The molecule has 0 aliphatic heterocycles. The van der Waals surface area contributed by atoms with Gasteiger partial charge in [0, 0.05) is 24.6 Å². The highest BCUT2D eigenvalue weighted by Gasteiger charge is 2.10. The van der Waals surface area contributed by atoms with Crippen LogP contribution in [0.3, 0.4) is 0 Å². The summed E-state index contributed by atoms with van der Waals surface area (Å²) in [7, 11) is -3.22. The number of nitrogens with one attached hydrogen (secondary N) is 1. The third-order valence-corrected chi connectivity index (χ3v) is 5.97. The predicted octanol–water partition coefficient (Wildman–Crippen LogP) is 3.24. The van der Waals surface area contributed by atoms with Crippen LogP contribution >= 0.6 is 0 Å². The van der Waals surface area contributed by atoms with E-state index < -0.39 is 15.9 Å². The summed E-state index contributed by atoms with van der Waals surface area (Å²) < 4.78 is 25.3. The predicted molar refractivity (Wildman–Crippen MR) is 116 cm³/mol. The van der Waals surface area contributed by atoms with Gasteiger partial charge in [0.25, 0.3) is 0 Å². The molecular formula is C22H20N4O3S. The van der Waals surface area contributed by atoms with Gasteiger partial charge in [-0.15, -0.1) is 0 Å². The Morgan fingerprint density at radius 2 is 1.67 bits per heavy atom. The number of carbonyl (C=O) groups is 1. The summed E-state index contributed by atoms with van der Waals surface area (Å²) in [6.45, 7) is 0.379. The normalized spacial score (nSPS) is 11.5. The third kappa shape index (κ3) is 4.04. The molecule has 0 aliphatic rings. The first-order valence-electron chi connectivity index (χ1n) is 9.21. The molecule has 2 aromatic heterocycles. The topological polar surface area (TPSA) is 107 Å². The van der Waals surface area contributed by atoms with Crippen LogP contribution in [0.1, 0.15) is 5.56 Å². The summed E-state index contributed by atoms with van der Waals surface area (Å²) in [5, 5.41) is 2.57. The molecule has 2 amide bonds. The Labute approximate surface area is 174 Å². The van der Waals surface area contributed by atoms with Crippen molar-refractivity contribution in [3.8, 4) is 22.4 Å². The van der Waals surface area contributed by atoms with Crippen LogP contribution < -0.4 is 11.1 Å². The van der Waals surface area contributed by atoms with Crippen LogP contribution in [0, 0.1) is 0 Å². The minimum Gasteiger partial charge on any atom is -0.352 e. The second-order valence-corrected chi connectivity index (χ2v) is 9.01. The average Bonchev–Trinajstić information content (AvgIpc) is 3.15. The minimum atomic E-state index is -3.22. The molecule has 0 aliphatic carbocycles. The van der Waals surface area contributed by atoms with Crippen molar-refractivity contribution in [3.63, 3.8) is 0 Å². The zero-order chi connectivity index (χ0) is 21.3. The van der Waals surface area contributed by atoms with Gasteiger partial charge in [-0.05, 0) is 41.0 Å². The molecule has 4 aromatic rings. The van der Waals surface area contributed by atoms with E-state index >= 15 is 0 Å². The van der Waals surface area contributed by atoms with Crippen LogP contribution in [0.25, 0.3) is 28.0 Å². The van der Waals surface area contributed by atoms with Crippen LogP contribution in [0.15, 0.2) is 78.0 Å². The number of benzene rings is 2. The van der Waals surface area contributed by atoms with E-state index in [4.69, 9.17) is 5.73 Å². The number of sulfone groups is 1. The molecule has 30 heavy (non-hydrogen) atoms. The molecule has 0 atom stereocenters. The largest absolute Gasteiger partial charge is 0.352 e. The van der Waals surface area contributed by atoms with E-state index in [1.807, 2.05) is 53.2 Å². The molecule has 2 heterocycles. The van der Waals surface area contributed by atoms with Gasteiger partial charge in [-0.3, -0.25) is 4.40 Å². The Balaban J connectivity index is 1.62. The smallest absolute Gasteiger partial charge is 0.312 e. The Morgan fingerprint density at radius 1 is 1.00 bits per heavy atom. The number of hydrogen-bond acceptors (Lipinski definition) is 4. The number of nitrogens with zero attached hydrogens (tertiary/aromatic N) is 2. The average molecular weight is 420 g/mol. The maximum Gasteiger partial charge on any atom is 0.312 e. The van der Waals surface area contributed by atoms with Crippen LogP contribution in [0.2, 0.25) is 0 Å². The number of carbonyl (C=O) groups excluding carboxylic acids is 1. The van der Waals surface area contributed by atoms with Gasteiger partial charge in [-0.2, -0.15) is 0 Å². The summed E-state index contributed by atoms with van der Waals surface area (Å²) in [6, 6.07) is 18.0. The van der Waals surface area contributed by atoms with Gasteiger partial charge >= 0.3 is 6.03 Å². The van der Waals surface area contributed by atoms with Gasteiger partial charge in [0.1, 0.15) is 5.65 Å². The van der Waals surface area contributed by atoms with Crippen molar-refractivity contribution in [3.05, 3.63) is 78.6 Å². The molecule has 3 N–H and O–H groups in total. The molecule has 0 radical (unpaired) electrons. The molecule has 2 aromatic carbocycles. The molecule has 0 spiro atoms. The number of primary amides is 1. The lowest BCUT2D eigenvalue weighted by Crippen LogP contribution is -2.28. The summed E-state index contributed by atoms with van der Waals surface area (Å²) in [5.41, 5.74) is 10.6. The zero-order valence-electron chi connectivity index (χ0n) is 16.2. The van der Waals surface area contributed by atoms with Crippen molar-refractivity contribution in [1.82, 2.24) is 14.7 Å². The molecule has 152 valence electrons. The van der Waals surface area contributed by atoms with Gasteiger partial charge in [-0.1, -0.05) is 36.4 Å². The monoisotopic (exact) mass is 420 g/mol. The molecule has 0 saturated heterocycles. The maximum absolute atomic E-state index is 11.6. The van der Waals surface area contributed by atoms with Crippen molar-refractivity contribution in [2.75, 3.05) is 6.26 Å². The van der Waals surface area contributed by atoms with Crippen molar-refractivity contribution in [1.29, 1.82) is 0 Å². The van der Waals surface area contributed by atoms with Gasteiger partial charge < -0.3 is 11.1 Å². The van der Waals surface area contributed by atoms with E-state index in [-0.39, 0.29) is 0 Å². The van der Waals surface area contributed by atoms with E-state index in [0.29, 0.717) is 11.4 Å². The number of hydrogen-bond donors (Lipinski definition) is 2. The molecule has 0 saturated carbocycles. The van der Waals surface area contributed by atoms with Crippen molar-refractivity contribution >= 4 is 21.5 Å². The van der Waals surface area contributed by atoms with E-state index in [9.17, 15) is 13.2 Å². The number of nitrogens with two attached hydrogens (primary N) is 1. The Morgan fingerprint density at radius 3 is 2.30 bits per heavy atom. The molecule has 7 nitrogen and oxygen atoms in total. The fourth-order valence-electron chi connectivity index (χ4n) is 3.25. The lowest BCUT2D eigenvalue weighted by Gasteiger charge is -2.07. The van der Waals surface area contributed by atoms with Gasteiger partial charge in [0.05, 0.1) is 16.8 Å². The Kier molecular flexibility index (Phi) is 5.01. The molecule has 8 heteroatoms. The van der Waals surface area contributed by atoms with E-state index in [1.54, 1.807) is 24.3 Å². The highest BCUT2D eigenvalue weighted by Crippen LogP contribution is 2.26. The first-order valence-corrected chi connectivity index (χ1v) is 11.1. The Hall–Kier alpha value is -3.65. The molecule has 4 rings (SSSR count). The van der Waals surface area contributed by atoms with Crippen molar-refractivity contribution in [2.45, 2.75) is 11.4 Å². The highest BCUT2D eigenvalue weighted by atomic mass is 32.2. The lowest BCUT2D eigenvalue weighted by molar-refractivity contribution is 0.248. The first kappa shape index (κ1) is 19.7. The molecular weight excluding hydrogens is 400 g/mol. The van der Waals surface area contributed by atoms with Crippen LogP contribution in [-0.2, 0) is 16.4 Å². The molecule has 0 bridgehead atoms. The fourth-order valence-corrected chi connectivity index (χ4v) is 3.88. The second kappa shape index (κ2) is 7.64. The summed E-state index contributed by atoms with van der Waals surface area (Å²) in [6.07, 6.45) is 4.95. The Bertz CT molecular complexity index is 1330. The summed E-state index contributed by atoms with van der Waals surface area (Å²) in [5.74, 6) is 0. The quantitative estimate of drug-likeness (QED) is 0.517. The maximum atomic E-state index is 11.6. The number of fused-ring (bicyclic) bond motifs is 1. The van der Waals surface area contributed by atoms with Crippen LogP contribution in [0.4, 0.5) is 4.79 Å².